The van der Waals surface area contributed by atoms with Gasteiger partial charge in [-0.15, -0.1) is 0 Å². The quantitative estimate of drug-likeness (QED) is 0.688. The SMILES string of the molecule is O=C(Cc1ccc(Cl)c(Cl)c1)OCC(=O)N1CCN(c2ccc(F)cc2)CC1. The number of nitrogens with zero attached hydrogens (tertiary/aromatic N) is 2. The molecule has 28 heavy (non-hydrogen) atoms. The van der Waals surface area contributed by atoms with E-state index in [1.165, 1.54) is 12.1 Å². The molecule has 0 radical (unpaired) electrons. The summed E-state index contributed by atoms with van der Waals surface area (Å²) in [5, 5.41) is 0.774. The fourth-order valence-corrected chi connectivity index (χ4v) is 3.29. The average Bonchev–Trinajstić information content (AvgIpc) is 2.70. The molecule has 0 bridgehead atoms. The highest BCUT2D eigenvalue weighted by atomic mass is 35.5. The highest BCUT2D eigenvalue weighted by molar-refractivity contribution is 6.42. The van der Waals surface area contributed by atoms with Crippen LogP contribution in [0.1, 0.15) is 5.56 Å². The van der Waals surface area contributed by atoms with Crippen molar-refractivity contribution < 1.29 is 18.7 Å². The van der Waals surface area contributed by atoms with Gasteiger partial charge in [-0.1, -0.05) is 29.3 Å². The predicted octanol–water partition coefficient (Wildman–Crippen LogP) is 3.57. The van der Waals surface area contributed by atoms with Gasteiger partial charge in [0.2, 0.25) is 0 Å². The second-order valence-electron chi connectivity index (χ2n) is 6.43. The van der Waals surface area contributed by atoms with E-state index in [-0.39, 0.29) is 24.8 Å². The summed E-state index contributed by atoms with van der Waals surface area (Å²) >= 11 is 11.8. The van der Waals surface area contributed by atoms with Gasteiger partial charge in [0.05, 0.1) is 16.5 Å². The number of piperazine rings is 1. The molecule has 0 unspecified atom stereocenters. The van der Waals surface area contributed by atoms with E-state index in [1.54, 1.807) is 35.2 Å². The monoisotopic (exact) mass is 424 g/mol. The number of esters is 1. The summed E-state index contributed by atoms with van der Waals surface area (Å²) in [5.41, 5.74) is 1.58. The molecular formula is C20H19Cl2FN2O3. The van der Waals surface area contributed by atoms with Crippen LogP contribution >= 0.6 is 23.2 Å². The summed E-state index contributed by atoms with van der Waals surface area (Å²) in [6.07, 6.45) is 0.0164. The molecule has 0 atom stereocenters. The van der Waals surface area contributed by atoms with Crippen LogP contribution in [0.5, 0.6) is 0 Å². The Morgan fingerprint density at radius 2 is 1.64 bits per heavy atom. The normalized spacial score (nSPS) is 14.1. The van der Waals surface area contributed by atoms with Gasteiger partial charge in [0.15, 0.2) is 6.61 Å². The van der Waals surface area contributed by atoms with E-state index in [9.17, 15) is 14.0 Å². The maximum absolute atomic E-state index is 13.0. The minimum absolute atomic E-state index is 0.0164. The van der Waals surface area contributed by atoms with Crippen LogP contribution in [0.15, 0.2) is 42.5 Å². The molecule has 5 nitrogen and oxygen atoms in total. The van der Waals surface area contributed by atoms with Crippen molar-refractivity contribution in [2.24, 2.45) is 0 Å². The first-order valence-electron chi connectivity index (χ1n) is 8.80. The lowest BCUT2D eigenvalue weighted by atomic mass is 10.1. The van der Waals surface area contributed by atoms with Crippen LogP contribution in [0.4, 0.5) is 10.1 Å². The summed E-state index contributed by atoms with van der Waals surface area (Å²) in [6, 6.07) is 11.2. The summed E-state index contributed by atoms with van der Waals surface area (Å²) in [6.45, 7) is 2.00. The highest BCUT2D eigenvalue weighted by Crippen LogP contribution is 2.23. The van der Waals surface area contributed by atoms with E-state index in [0.717, 1.165) is 5.69 Å². The van der Waals surface area contributed by atoms with Gasteiger partial charge in [0.25, 0.3) is 5.91 Å². The fraction of sp³-hybridized carbons (Fsp3) is 0.300. The van der Waals surface area contributed by atoms with Crippen molar-refractivity contribution >= 4 is 40.8 Å². The number of halogens is 3. The topological polar surface area (TPSA) is 49.9 Å². The summed E-state index contributed by atoms with van der Waals surface area (Å²) in [5.74, 6) is -1.02. The molecule has 1 heterocycles. The first kappa shape index (κ1) is 20.4. The minimum atomic E-state index is -0.503. The van der Waals surface area contributed by atoms with Crippen molar-refractivity contribution in [2.75, 3.05) is 37.7 Å². The maximum Gasteiger partial charge on any atom is 0.310 e. The van der Waals surface area contributed by atoms with Crippen molar-refractivity contribution in [1.29, 1.82) is 0 Å². The zero-order valence-electron chi connectivity index (χ0n) is 15.0. The minimum Gasteiger partial charge on any atom is -0.455 e. The lowest BCUT2D eigenvalue weighted by Gasteiger charge is -2.36. The number of carbonyl (C=O) groups excluding carboxylic acids is 2. The van der Waals surface area contributed by atoms with Crippen LogP contribution in [0.2, 0.25) is 10.0 Å². The number of benzene rings is 2. The molecule has 1 saturated heterocycles. The summed E-state index contributed by atoms with van der Waals surface area (Å²) < 4.78 is 18.1. The number of anilines is 1. The van der Waals surface area contributed by atoms with Crippen LogP contribution in [0.25, 0.3) is 0 Å². The molecule has 0 saturated carbocycles. The molecular weight excluding hydrogens is 406 g/mol. The van der Waals surface area contributed by atoms with E-state index < -0.39 is 5.97 Å². The Hall–Kier alpha value is -2.31. The number of hydrogen-bond donors (Lipinski definition) is 0. The second-order valence-corrected chi connectivity index (χ2v) is 7.24. The molecule has 2 aromatic rings. The zero-order valence-corrected chi connectivity index (χ0v) is 16.5. The van der Waals surface area contributed by atoms with Crippen molar-refractivity contribution in [2.45, 2.75) is 6.42 Å². The Bertz CT molecular complexity index is 853. The number of amides is 1. The first-order chi connectivity index (χ1) is 13.4. The largest absolute Gasteiger partial charge is 0.455 e. The van der Waals surface area contributed by atoms with Crippen LogP contribution < -0.4 is 4.90 Å². The van der Waals surface area contributed by atoms with Crippen LogP contribution in [-0.4, -0.2) is 49.6 Å². The Morgan fingerprint density at radius 3 is 2.29 bits per heavy atom. The standard InChI is InChI=1S/C20H19Cl2FN2O3/c21-17-6-1-14(11-18(17)22)12-20(27)28-13-19(26)25-9-7-24(8-10-25)16-4-2-15(23)3-5-16/h1-6,11H,7-10,12-13H2. The summed E-state index contributed by atoms with van der Waals surface area (Å²) in [7, 11) is 0. The van der Waals surface area contributed by atoms with Gasteiger partial charge in [0, 0.05) is 31.9 Å². The van der Waals surface area contributed by atoms with Crippen molar-refractivity contribution in [3.8, 4) is 0 Å². The number of ether oxygens (including phenoxy) is 1. The van der Waals surface area contributed by atoms with Crippen LogP contribution in [0, 0.1) is 5.82 Å². The van der Waals surface area contributed by atoms with Gasteiger partial charge in [0.1, 0.15) is 5.82 Å². The van der Waals surface area contributed by atoms with Crippen molar-refractivity contribution in [3.63, 3.8) is 0 Å². The first-order valence-corrected chi connectivity index (χ1v) is 9.56. The number of hydrogen-bond acceptors (Lipinski definition) is 4. The molecule has 0 aliphatic carbocycles. The Kier molecular flexibility index (Phi) is 6.75. The molecule has 0 aromatic heterocycles. The summed E-state index contributed by atoms with van der Waals surface area (Å²) in [4.78, 5) is 28.0. The molecule has 1 aliphatic heterocycles. The molecule has 148 valence electrons. The average molecular weight is 425 g/mol. The predicted molar refractivity (Wildman–Crippen MR) is 106 cm³/mol. The van der Waals surface area contributed by atoms with Gasteiger partial charge in [-0.25, -0.2) is 4.39 Å². The molecule has 0 N–H and O–H groups in total. The third kappa shape index (κ3) is 5.36. The number of carbonyl (C=O) groups is 2. The zero-order chi connectivity index (χ0) is 20.1. The smallest absolute Gasteiger partial charge is 0.310 e. The molecule has 1 aliphatic rings. The third-order valence-corrected chi connectivity index (χ3v) is 5.25. The molecule has 3 rings (SSSR count). The van der Waals surface area contributed by atoms with Gasteiger partial charge in [-0.3, -0.25) is 9.59 Å². The Balaban J connectivity index is 1.43. The highest BCUT2D eigenvalue weighted by Gasteiger charge is 2.22. The Morgan fingerprint density at radius 1 is 0.964 bits per heavy atom. The molecule has 8 heteroatoms. The van der Waals surface area contributed by atoms with Gasteiger partial charge in [-0.05, 0) is 42.0 Å². The lowest BCUT2D eigenvalue weighted by Crippen LogP contribution is -2.50. The number of rotatable bonds is 5. The van der Waals surface area contributed by atoms with E-state index >= 15 is 0 Å². The van der Waals surface area contributed by atoms with Gasteiger partial charge in [-0.2, -0.15) is 0 Å². The van der Waals surface area contributed by atoms with Crippen molar-refractivity contribution in [3.05, 3.63) is 63.9 Å². The van der Waals surface area contributed by atoms with E-state index in [4.69, 9.17) is 27.9 Å². The Labute approximate surface area is 172 Å². The van der Waals surface area contributed by atoms with Crippen LogP contribution in [-0.2, 0) is 20.7 Å². The van der Waals surface area contributed by atoms with E-state index in [2.05, 4.69) is 4.90 Å². The fourth-order valence-electron chi connectivity index (χ4n) is 2.97. The third-order valence-electron chi connectivity index (χ3n) is 4.51. The molecule has 0 spiro atoms. The second kappa shape index (κ2) is 9.26. The van der Waals surface area contributed by atoms with E-state index in [0.29, 0.717) is 41.8 Å². The van der Waals surface area contributed by atoms with E-state index in [1.807, 2.05) is 0 Å². The molecule has 1 fully saturated rings. The lowest BCUT2D eigenvalue weighted by molar-refractivity contribution is -0.151. The maximum atomic E-state index is 13.0. The van der Waals surface area contributed by atoms with Crippen LogP contribution in [0.3, 0.4) is 0 Å². The van der Waals surface area contributed by atoms with Crippen molar-refractivity contribution in [1.82, 2.24) is 4.90 Å². The van der Waals surface area contributed by atoms with Gasteiger partial charge >= 0.3 is 5.97 Å². The van der Waals surface area contributed by atoms with Gasteiger partial charge < -0.3 is 14.5 Å². The molecule has 2 aromatic carbocycles. The molecule has 1 amide bonds.